The maximum absolute atomic E-state index is 11.9. The van der Waals surface area contributed by atoms with Crippen molar-refractivity contribution in [2.75, 3.05) is 18.4 Å². The molecule has 2 heterocycles. The molecule has 2 aromatic heterocycles. The van der Waals surface area contributed by atoms with Gasteiger partial charge in [0, 0.05) is 29.7 Å². The normalized spacial score (nSPS) is 11.8. The predicted molar refractivity (Wildman–Crippen MR) is 94.6 cm³/mol. The molecule has 0 aliphatic carbocycles. The van der Waals surface area contributed by atoms with Gasteiger partial charge in [0.2, 0.25) is 5.95 Å². The van der Waals surface area contributed by atoms with Crippen molar-refractivity contribution in [3.05, 3.63) is 37.7 Å². The first-order chi connectivity index (χ1) is 11.3. The van der Waals surface area contributed by atoms with Crippen LogP contribution in [-0.2, 0) is 0 Å². The molecule has 9 heteroatoms. The first-order valence-electron chi connectivity index (χ1n) is 7.65. The van der Waals surface area contributed by atoms with Gasteiger partial charge in [0.25, 0.3) is 5.56 Å². The zero-order valence-electron chi connectivity index (χ0n) is 14.2. The molecular formula is C15H22N6O2S. The van der Waals surface area contributed by atoms with Crippen molar-refractivity contribution in [1.29, 1.82) is 0 Å². The van der Waals surface area contributed by atoms with Crippen LogP contribution in [0.4, 0.5) is 10.7 Å². The van der Waals surface area contributed by atoms with Crippen molar-refractivity contribution in [3.63, 3.8) is 0 Å². The summed E-state index contributed by atoms with van der Waals surface area (Å²) in [7, 11) is 0. The summed E-state index contributed by atoms with van der Waals surface area (Å²) in [6, 6.07) is 0.998. The Morgan fingerprint density at radius 1 is 1.29 bits per heavy atom. The standard InChI is InChI=1S/C15H22N6O2S/c1-8-7-12(22)21-14(18-8)16-5-6-17-15(23)19-9(2)13-10(3)24-11(4)20-13/h7,9H,5-6H2,1-4H3,(H2,17,19,23)(H2,16,18,21,22)/t9-/m1/s1. The number of nitrogens with zero attached hydrogens (tertiary/aromatic N) is 2. The topological polar surface area (TPSA) is 112 Å². The summed E-state index contributed by atoms with van der Waals surface area (Å²) >= 11 is 1.62. The molecule has 0 spiro atoms. The van der Waals surface area contributed by atoms with E-state index in [1.807, 2.05) is 20.8 Å². The van der Waals surface area contributed by atoms with Crippen molar-refractivity contribution >= 4 is 23.3 Å². The fraction of sp³-hybridized carbons (Fsp3) is 0.467. The van der Waals surface area contributed by atoms with Crippen molar-refractivity contribution in [1.82, 2.24) is 25.6 Å². The molecule has 0 unspecified atom stereocenters. The number of carbonyl (C=O) groups excluding carboxylic acids is 1. The van der Waals surface area contributed by atoms with Crippen LogP contribution in [0.5, 0.6) is 0 Å². The lowest BCUT2D eigenvalue weighted by molar-refractivity contribution is 0.238. The maximum Gasteiger partial charge on any atom is 0.315 e. The third-order valence-electron chi connectivity index (χ3n) is 3.27. The molecule has 2 rings (SSSR count). The number of amides is 2. The second kappa shape index (κ2) is 7.91. The van der Waals surface area contributed by atoms with Gasteiger partial charge in [-0.2, -0.15) is 0 Å². The van der Waals surface area contributed by atoms with Gasteiger partial charge in [-0.1, -0.05) is 0 Å². The molecule has 2 amide bonds. The first-order valence-corrected chi connectivity index (χ1v) is 8.47. The SMILES string of the molecule is Cc1cc(=O)[nH]c(NCCNC(=O)N[C@H](C)c2nc(C)sc2C)n1. The van der Waals surface area contributed by atoms with Gasteiger partial charge in [0.1, 0.15) is 0 Å². The number of urea groups is 1. The second-order valence-corrected chi connectivity index (χ2v) is 6.87. The molecule has 0 bridgehead atoms. The van der Waals surface area contributed by atoms with Gasteiger partial charge in [-0.3, -0.25) is 9.78 Å². The third-order valence-corrected chi connectivity index (χ3v) is 4.17. The molecule has 0 aliphatic heterocycles. The van der Waals surface area contributed by atoms with Gasteiger partial charge in [-0.25, -0.2) is 14.8 Å². The van der Waals surface area contributed by atoms with Crippen molar-refractivity contribution < 1.29 is 4.79 Å². The van der Waals surface area contributed by atoms with Crippen LogP contribution < -0.4 is 21.5 Å². The van der Waals surface area contributed by atoms with E-state index in [1.54, 1.807) is 18.3 Å². The van der Waals surface area contributed by atoms with Crippen LogP contribution >= 0.6 is 11.3 Å². The van der Waals surface area contributed by atoms with E-state index in [2.05, 4.69) is 30.9 Å². The summed E-state index contributed by atoms with van der Waals surface area (Å²) in [5.74, 6) is 0.393. The Morgan fingerprint density at radius 2 is 2.04 bits per heavy atom. The Balaban J connectivity index is 1.75. The smallest absolute Gasteiger partial charge is 0.315 e. The number of carbonyl (C=O) groups is 1. The van der Waals surface area contributed by atoms with E-state index in [0.29, 0.717) is 24.7 Å². The predicted octanol–water partition coefficient (Wildman–Crippen LogP) is 1.62. The maximum atomic E-state index is 11.9. The van der Waals surface area contributed by atoms with Crippen LogP contribution in [0, 0.1) is 20.8 Å². The van der Waals surface area contributed by atoms with E-state index in [4.69, 9.17) is 0 Å². The summed E-state index contributed by atoms with van der Waals surface area (Å²) in [6.45, 7) is 8.43. The molecule has 0 aliphatic rings. The zero-order chi connectivity index (χ0) is 17.7. The van der Waals surface area contributed by atoms with E-state index in [1.165, 1.54) is 6.07 Å². The molecule has 0 saturated carbocycles. The second-order valence-electron chi connectivity index (χ2n) is 5.46. The minimum absolute atomic E-state index is 0.155. The van der Waals surface area contributed by atoms with Gasteiger partial charge in [-0.05, 0) is 27.7 Å². The number of aryl methyl sites for hydroxylation is 3. The number of aromatic nitrogens is 3. The van der Waals surface area contributed by atoms with Gasteiger partial charge >= 0.3 is 6.03 Å². The average molecular weight is 350 g/mol. The third kappa shape index (κ3) is 5.05. The summed E-state index contributed by atoms with van der Waals surface area (Å²) in [6.07, 6.45) is 0. The highest BCUT2D eigenvalue weighted by Gasteiger charge is 2.15. The van der Waals surface area contributed by atoms with Crippen LogP contribution in [0.15, 0.2) is 10.9 Å². The summed E-state index contributed by atoms with van der Waals surface area (Å²) in [5.41, 5.74) is 1.32. The zero-order valence-corrected chi connectivity index (χ0v) is 15.0. The van der Waals surface area contributed by atoms with Gasteiger partial charge in [0.15, 0.2) is 0 Å². The van der Waals surface area contributed by atoms with E-state index in [-0.39, 0.29) is 17.6 Å². The lowest BCUT2D eigenvalue weighted by Crippen LogP contribution is -2.39. The fourth-order valence-corrected chi connectivity index (χ4v) is 3.20. The van der Waals surface area contributed by atoms with Crippen LogP contribution in [0.2, 0.25) is 0 Å². The molecule has 1 atom stereocenters. The molecule has 0 radical (unpaired) electrons. The molecule has 8 nitrogen and oxygen atoms in total. The summed E-state index contributed by atoms with van der Waals surface area (Å²) < 4.78 is 0. The van der Waals surface area contributed by atoms with Crippen LogP contribution in [0.25, 0.3) is 0 Å². The Labute approximate surface area is 144 Å². The molecule has 24 heavy (non-hydrogen) atoms. The molecule has 4 N–H and O–H groups in total. The molecule has 0 saturated heterocycles. The summed E-state index contributed by atoms with van der Waals surface area (Å²) in [4.78, 5) is 35.5. The van der Waals surface area contributed by atoms with Gasteiger partial charge < -0.3 is 16.0 Å². The molecule has 0 fully saturated rings. The monoisotopic (exact) mass is 350 g/mol. The number of hydrogen-bond acceptors (Lipinski definition) is 6. The Morgan fingerprint density at radius 3 is 2.67 bits per heavy atom. The summed E-state index contributed by atoms with van der Waals surface area (Å²) in [5, 5.41) is 9.56. The number of anilines is 1. The minimum atomic E-state index is -0.264. The Kier molecular flexibility index (Phi) is 5.91. The van der Waals surface area contributed by atoms with Crippen LogP contribution in [-0.4, -0.2) is 34.1 Å². The Bertz CT molecular complexity index is 770. The van der Waals surface area contributed by atoms with Crippen LogP contribution in [0.1, 0.15) is 34.2 Å². The van der Waals surface area contributed by atoms with Gasteiger partial charge in [0.05, 0.1) is 16.7 Å². The number of hydrogen-bond donors (Lipinski definition) is 4. The van der Waals surface area contributed by atoms with Crippen LogP contribution in [0.3, 0.4) is 0 Å². The first kappa shape index (κ1) is 17.9. The number of rotatable bonds is 6. The average Bonchev–Trinajstić information content (AvgIpc) is 2.81. The Hall–Kier alpha value is -2.42. The van der Waals surface area contributed by atoms with Gasteiger partial charge in [-0.15, -0.1) is 11.3 Å². The van der Waals surface area contributed by atoms with Crippen molar-refractivity contribution in [3.8, 4) is 0 Å². The highest BCUT2D eigenvalue weighted by Crippen LogP contribution is 2.22. The number of nitrogens with one attached hydrogen (secondary N) is 4. The largest absolute Gasteiger partial charge is 0.354 e. The molecular weight excluding hydrogens is 328 g/mol. The highest BCUT2D eigenvalue weighted by molar-refractivity contribution is 7.11. The minimum Gasteiger partial charge on any atom is -0.354 e. The molecule has 0 aromatic carbocycles. The number of thiazole rings is 1. The van der Waals surface area contributed by atoms with Crippen molar-refractivity contribution in [2.45, 2.75) is 33.7 Å². The van der Waals surface area contributed by atoms with Crippen molar-refractivity contribution in [2.24, 2.45) is 0 Å². The number of H-pyrrole nitrogens is 1. The molecule has 130 valence electrons. The number of aromatic amines is 1. The van der Waals surface area contributed by atoms with E-state index in [9.17, 15) is 9.59 Å². The lowest BCUT2D eigenvalue weighted by atomic mass is 10.2. The van der Waals surface area contributed by atoms with E-state index >= 15 is 0 Å². The quantitative estimate of drug-likeness (QED) is 0.592. The molecule has 2 aromatic rings. The highest BCUT2D eigenvalue weighted by atomic mass is 32.1. The lowest BCUT2D eigenvalue weighted by Gasteiger charge is -2.14. The van der Waals surface area contributed by atoms with E-state index < -0.39 is 0 Å². The van der Waals surface area contributed by atoms with E-state index in [0.717, 1.165) is 15.6 Å². The fourth-order valence-electron chi connectivity index (χ4n) is 2.28.